The molecule has 0 radical (unpaired) electrons. The molecule has 1 heterocycles. The Balaban J connectivity index is 1.84. The van der Waals surface area contributed by atoms with Crippen molar-refractivity contribution in [2.45, 2.75) is 12.8 Å². The number of hydrogen-bond donors (Lipinski definition) is 0. The monoisotopic (exact) mass is 370 g/mol. The number of amides is 1. The van der Waals surface area contributed by atoms with E-state index < -0.39 is 0 Å². The van der Waals surface area contributed by atoms with Crippen LogP contribution in [-0.4, -0.2) is 47.4 Å². The Morgan fingerprint density at radius 1 is 0.926 bits per heavy atom. The topological polar surface area (TPSA) is 51.2 Å². The molecule has 3 rings (SSSR count). The molecule has 2 aromatic rings. The van der Waals surface area contributed by atoms with Crippen molar-refractivity contribution in [2.75, 3.05) is 51.3 Å². The van der Waals surface area contributed by atoms with Crippen LogP contribution in [0.15, 0.2) is 36.4 Å². The van der Waals surface area contributed by atoms with E-state index in [2.05, 4.69) is 17.0 Å². The van der Waals surface area contributed by atoms with Gasteiger partial charge in [-0.25, -0.2) is 0 Å². The van der Waals surface area contributed by atoms with Gasteiger partial charge in [0.2, 0.25) is 5.75 Å². The van der Waals surface area contributed by atoms with E-state index in [0.717, 1.165) is 18.8 Å². The van der Waals surface area contributed by atoms with Crippen molar-refractivity contribution in [3.05, 3.63) is 42.0 Å². The highest BCUT2D eigenvalue weighted by molar-refractivity contribution is 6.06. The van der Waals surface area contributed by atoms with Crippen molar-refractivity contribution in [1.29, 1.82) is 0 Å². The van der Waals surface area contributed by atoms with Crippen LogP contribution in [0.1, 0.15) is 23.2 Å². The maximum atomic E-state index is 13.0. The lowest BCUT2D eigenvalue weighted by Crippen LogP contribution is -2.26. The number of carbonyl (C=O) groups is 1. The van der Waals surface area contributed by atoms with E-state index in [9.17, 15) is 4.79 Å². The molecule has 1 saturated heterocycles. The molecule has 1 aliphatic heterocycles. The maximum Gasteiger partial charge on any atom is 0.258 e. The molecule has 0 unspecified atom stereocenters. The number of nitrogens with zero attached hydrogens (tertiary/aromatic N) is 2. The molecule has 6 heteroatoms. The van der Waals surface area contributed by atoms with Crippen molar-refractivity contribution in [1.82, 2.24) is 0 Å². The van der Waals surface area contributed by atoms with Crippen LogP contribution in [0.3, 0.4) is 0 Å². The summed E-state index contributed by atoms with van der Waals surface area (Å²) < 4.78 is 16.0. The number of rotatable bonds is 6. The molecular weight excluding hydrogens is 344 g/mol. The van der Waals surface area contributed by atoms with Crippen LogP contribution >= 0.6 is 0 Å². The minimum atomic E-state index is -0.150. The van der Waals surface area contributed by atoms with Crippen LogP contribution < -0.4 is 24.0 Å². The lowest BCUT2D eigenvalue weighted by atomic mass is 10.1. The first-order valence-corrected chi connectivity index (χ1v) is 9.02. The average molecular weight is 370 g/mol. The second-order valence-electron chi connectivity index (χ2n) is 6.49. The van der Waals surface area contributed by atoms with Crippen LogP contribution in [0.2, 0.25) is 0 Å². The van der Waals surface area contributed by atoms with Crippen LogP contribution in [0.5, 0.6) is 17.2 Å². The molecule has 1 amide bonds. The second-order valence-corrected chi connectivity index (χ2v) is 6.49. The first-order chi connectivity index (χ1) is 13.1. The van der Waals surface area contributed by atoms with E-state index in [-0.39, 0.29) is 5.91 Å². The molecule has 144 valence electrons. The van der Waals surface area contributed by atoms with Gasteiger partial charge in [-0.05, 0) is 49.2 Å². The van der Waals surface area contributed by atoms with Gasteiger partial charge in [-0.3, -0.25) is 4.79 Å². The third-order valence-electron chi connectivity index (χ3n) is 4.92. The minimum Gasteiger partial charge on any atom is -0.493 e. The summed E-state index contributed by atoms with van der Waals surface area (Å²) in [6.07, 6.45) is 2.47. The van der Waals surface area contributed by atoms with Gasteiger partial charge < -0.3 is 24.0 Å². The maximum absolute atomic E-state index is 13.0. The highest BCUT2D eigenvalue weighted by atomic mass is 16.5. The van der Waals surface area contributed by atoms with Gasteiger partial charge in [0.25, 0.3) is 5.91 Å². The van der Waals surface area contributed by atoms with Crippen molar-refractivity contribution in [3.63, 3.8) is 0 Å². The molecule has 2 aromatic carbocycles. The third-order valence-corrected chi connectivity index (χ3v) is 4.92. The number of anilines is 2. The van der Waals surface area contributed by atoms with Gasteiger partial charge in [0.1, 0.15) is 0 Å². The van der Waals surface area contributed by atoms with E-state index in [1.165, 1.54) is 39.9 Å². The third kappa shape index (κ3) is 3.79. The van der Waals surface area contributed by atoms with Crippen molar-refractivity contribution in [3.8, 4) is 17.2 Å². The summed E-state index contributed by atoms with van der Waals surface area (Å²) in [6, 6.07) is 11.4. The number of methoxy groups -OCH3 is 3. The highest BCUT2D eigenvalue weighted by Crippen LogP contribution is 2.38. The normalized spacial score (nSPS) is 13.4. The summed E-state index contributed by atoms with van der Waals surface area (Å²) >= 11 is 0. The summed E-state index contributed by atoms with van der Waals surface area (Å²) in [4.78, 5) is 17.0. The van der Waals surface area contributed by atoms with E-state index in [4.69, 9.17) is 14.2 Å². The van der Waals surface area contributed by atoms with Crippen molar-refractivity contribution in [2.24, 2.45) is 0 Å². The highest BCUT2D eigenvalue weighted by Gasteiger charge is 2.20. The predicted molar refractivity (Wildman–Crippen MR) is 107 cm³/mol. The second kappa shape index (κ2) is 8.20. The minimum absolute atomic E-state index is 0.150. The van der Waals surface area contributed by atoms with Crippen LogP contribution in [0, 0.1) is 0 Å². The number of hydrogen-bond acceptors (Lipinski definition) is 5. The standard InChI is InChI=1S/C21H26N2O4/c1-22(16-7-9-17(10-8-16)23-11-5-6-12-23)21(24)15-13-18(25-2)20(27-4)19(14-15)26-3/h7-10,13-14H,5-6,11-12H2,1-4H3. The van der Waals surface area contributed by atoms with E-state index >= 15 is 0 Å². The van der Waals surface area contributed by atoms with Gasteiger partial charge in [-0.15, -0.1) is 0 Å². The zero-order chi connectivity index (χ0) is 19.4. The first kappa shape index (κ1) is 18.9. The molecule has 6 nitrogen and oxygen atoms in total. The Bertz CT molecular complexity index is 773. The number of carbonyl (C=O) groups excluding carboxylic acids is 1. The van der Waals surface area contributed by atoms with Gasteiger partial charge in [-0.1, -0.05) is 0 Å². The Kier molecular flexibility index (Phi) is 5.74. The van der Waals surface area contributed by atoms with Crippen molar-refractivity contribution >= 4 is 17.3 Å². The van der Waals surface area contributed by atoms with Gasteiger partial charge >= 0.3 is 0 Å². The predicted octanol–water partition coefficient (Wildman–Crippen LogP) is 3.59. The van der Waals surface area contributed by atoms with E-state index in [1.807, 2.05) is 12.1 Å². The summed E-state index contributed by atoms with van der Waals surface area (Å²) in [5.74, 6) is 1.23. The largest absolute Gasteiger partial charge is 0.493 e. The summed E-state index contributed by atoms with van der Waals surface area (Å²) in [6.45, 7) is 2.19. The average Bonchev–Trinajstić information content (AvgIpc) is 3.26. The lowest BCUT2D eigenvalue weighted by molar-refractivity contribution is 0.0992. The van der Waals surface area contributed by atoms with Gasteiger partial charge in [0, 0.05) is 37.1 Å². The van der Waals surface area contributed by atoms with E-state index in [1.54, 1.807) is 24.1 Å². The molecule has 0 N–H and O–H groups in total. The van der Waals surface area contributed by atoms with Gasteiger partial charge in [-0.2, -0.15) is 0 Å². The van der Waals surface area contributed by atoms with Gasteiger partial charge in [0.05, 0.1) is 21.3 Å². The quantitative estimate of drug-likeness (QED) is 0.778. The summed E-state index contributed by atoms with van der Waals surface area (Å²) in [7, 11) is 6.37. The van der Waals surface area contributed by atoms with Gasteiger partial charge in [0.15, 0.2) is 11.5 Å². The fraction of sp³-hybridized carbons (Fsp3) is 0.381. The number of benzene rings is 2. The molecule has 0 aliphatic carbocycles. The SMILES string of the molecule is COc1cc(C(=O)N(C)c2ccc(N3CCCC3)cc2)cc(OC)c1OC. The Morgan fingerprint density at radius 2 is 1.48 bits per heavy atom. The zero-order valence-corrected chi connectivity index (χ0v) is 16.3. The molecule has 0 saturated carbocycles. The summed E-state index contributed by atoms with van der Waals surface area (Å²) in [5, 5.41) is 0. The Morgan fingerprint density at radius 3 is 1.96 bits per heavy atom. The number of ether oxygens (including phenoxy) is 3. The molecule has 27 heavy (non-hydrogen) atoms. The zero-order valence-electron chi connectivity index (χ0n) is 16.3. The van der Waals surface area contributed by atoms with Crippen molar-refractivity contribution < 1.29 is 19.0 Å². The fourth-order valence-electron chi connectivity index (χ4n) is 3.38. The molecule has 0 atom stereocenters. The molecule has 1 aliphatic rings. The fourth-order valence-corrected chi connectivity index (χ4v) is 3.38. The Labute approximate surface area is 160 Å². The van der Waals surface area contributed by atoms with Crippen LogP contribution in [0.4, 0.5) is 11.4 Å². The smallest absolute Gasteiger partial charge is 0.258 e. The molecule has 0 spiro atoms. The van der Waals surface area contributed by atoms with Crippen LogP contribution in [0.25, 0.3) is 0 Å². The Hall–Kier alpha value is -2.89. The first-order valence-electron chi connectivity index (χ1n) is 9.02. The van der Waals surface area contributed by atoms with E-state index in [0.29, 0.717) is 22.8 Å². The lowest BCUT2D eigenvalue weighted by Gasteiger charge is -2.21. The summed E-state index contributed by atoms with van der Waals surface area (Å²) in [5.41, 5.74) is 2.50. The molecule has 0 aromatic heterocycles. The molecule has 0 bridgehead atoms. The molecular formula is C21H26N2O4. The molecule has 1 fully saturated rings. The van der Waals surface area contributed by atoms with Crippen LogP contribution in [-0.2, 0) is 0 Å².